The van der Waals surface area contributed by atoms with Gasteiger partial charge in [-0.05, 0) is 36.4 Å². The van der Waals surface area contributed by atoms with Crippen molar-refractivity contribution in [3.63, 3.8) is 0 Å². The minimum Gasteiger partial charge on any atom is -0.378 e. The van der Waals surface area contributed by atoms with Gasteiger partial charge in [0, 0.05) is 39.6 Å². The Morgan fingerprint density at radius 3 is 1.58 bits per heavy atom. The van der Waals surface area contributed by atoms with Crippen molar-refractivity contribution in [1.82, 2.24) is 9.97 Å². The molecular weight excluding hydrogens is 364 g/mol. The van der Waals surface area contributed by atoms with Crippen LogP contribution in [0.2, 0.25) is 0 Å². The fraction of sp³-hybridized carbons (Fsp3) is 0.211. The molecule has 4 rings (SSSR count). The zero-order chi connectivity index (χ0) is 18.4. The molecule has 0 saturated heterocycles. The highest BCUT2D eigenvalue weighted by Crippen LogP contribution is 2.31. The first-order chi connectivity index (χ1) is 12.4. The molecule has 7 heteroatoms. The molecule has 0 bridgehead atoms. The third kappa shape index (κ3) is 2.93. The zero-order valence-corrected chi connectivity index (χ0v) is 16.6. The van der Waals surface area contributed by atoms with E-state index in [1.165, 1.54) is 22.7 Å². The van der Waals surface area contributed by atoms with Crippen LogP contribution in [-0.2, 0) is 0 Å². The van der Waals surface area contributed by atoms with Crippen molar-refractivity contribution in [3.05, 3.63) is 46.4 Å². The number of anilines is 2. The van der Waals surface area contributed by atoms with Crippen molar-refractivity contribution in [3.8, 4) is 0 Å². The summed E-state index contributed by atoms with van der Waals surface area (Å²) in [5.41, 5.74) is 3.88. The summed E-state index contributed by atoms with van der Waals surface area (Å²) in [5, 5.41) is 0.977. The predicted octanol–water partition coefficient (Wildman–Crippen LogP) is 4.27. The standard InChI is InChI=1S/C19H18N4OS2/c1-22(2)11-5-7-13-15(9-11)25-18(20-13)17(24)19-21-14-8-6-12(23(3)4)10-16(14)26-19/h5-10H,1-4H3. The average molecular weight is 383 g/mol. The minimum atomic E-state index is -0.106. The molecular formula is C19H18N4OS2. The number of carbonyl (C=O) groups is 1. The Bertz CT molecular complexity index is 1040. The molecule has 0 unspecified atom stereocenters. The van der Waals surface area contributed by atoms with Gasteiger partial charge < -0.3 is 9.80 Å². The molecule has 2 aromatic carbocycles. The van der Waals surface area contributed by atoms with E-state index in [-0.39, 0.29) is 5.78 Å². The summed E-state index contributed by atoms with van der Waals surface area (Å²) in [7, 11) is 7.99. The van der Waals surface area contributed by atoms with Crippen molar-refractivity contribution in [2.24, 2.45) is 0 Å². The highest BCUT2D eigenvalue weighted by Gasteiger charge is 2.19. The summed E-state index contributed by atoms with van der Waals surface area (Å²) in [6, 6.07) is 12.1. The lowest BCUT2D eigenvalue weighted by Crippen LogP contribution is -2.07. The number of benzene rings is 2. The molecule has 2 heterocycles. The normalized spacial score (nSPS) is 11.2. The Hall–Kier alpha value is -2.51. The lowest BCUT2D eigenvalue weighted by molar-refractivity contribution is 0.103. The molecule has 0 radical (unpaired) electrons. The number of aromatic nitrogens is 2. The lowest BCUT2D eigenvalue weighted by Gasteiger charge is -2.11. The first-order valence-corrected chi connectivity index (χ1v) is 9.76. The predicted molar refractivity (Wildman–Crippen MR) is 111 cm³/mol. The van der Waals surface area contributed by atoms with E-state index in [4.69, 9.17) is 0 Å². The van der Waals surface area contributed by atoms with Gasteiger partial charge in [0.15, 0.2) is 10.0 Å². The second kappa shape index (κ2) is 6.34. The van der Waals surface area contributed by atoms with E-state index in [2.05, 4.69) is 22.1 Å². The molecule has 0 aliphatic heterocycles. The topological polar surface area (TPSA) is 49.3 Å². The summed E-state index contributed by atoms with van der Waals surface area (Å²) >= 11 is 2.84. The van der Waals surface area contributed by atoms with Crippen LogP contribution in [0.4, 0.5) is 11.4 Å². The maximum absolute atomic E-state index is 12.9. The smallest absolute Gasteiger partial charge is 0.250 e. The second-order valence-corrected chi connectivity index (χ2v) is 8.52. The number of hydrogen-bond acceptors (Lipinski definition) is 7. The summed E-state index contributed by atoms with van der Waals surface area (Å²) < 4.78 is 2.02. The van der Waals surface area contributed by atoms with Gasteiger partial charge in [0.1, 0.15) is 0 Å². The van der Waals surface area contributed by atoms with Gasteiger partial charge in [-0.15, -0.1) is 22.7 Å². The van der Waals surface area contributed by atoms with E-state index in [1.807, 2.05) is 62.3 Å². The van der Waals surface area contributed by atoms with Crippen LogP contribution < -0.4 is 9.80 Å². The molecule has 0 fully saturated rings. The van der Waals surface area contributed by atoms with Crippen LogP contribution in [0, 0.1) is 0 Å². The molecule has 4 aromatic rings. The maximum Gasteiger partial charge on any atom is 0.250 e. The molecule has 2 aromatic heterocycles. The number of ketones is 1. The molecule has 0 spiro atoms. The quantitative estimate of drug-likeness (QED) is 0.493. The Morgan fingerprint density at radius 2 is 1.19 bits per heavy atom. The van der Waals surface area contributed by atoms with Gasteiger partial charge in [-0.2, -0.15) is 0 Å². The highest BCUT2D eigenvalue weighted by atomic mass is 32.1. The van der Waals surface area contributed by atoms with E-state index in [1.54, 1.807) is 0 Å². The van der Waals surface area contributed by atoms with Crippen molar-refractivity contribution in [2.75, 3.05) is 38.0 Å². The molecule has 0 aliphatic rings. The number of fused-ring (bicyclic) bond motifs is 2. The van der Waals surface area contributed by atoms with E-state index >= 15 is 0 Å². The van der Waals surface area contributed by atoms with E-state index in [9.17, 15) is 4.79 Å². The molecule has 0 N–H and O–H groups in total. The Balaban J connectivity index is 1.72. The maximum atomic E-state index is 12.9. The summed E-state index contributed by atoms with van der Waals surface area (Å²) in [6.07, 6.45) is 0. The third-order valence-corrected chi connectivity index (χ3v) is 6.20. The molecule has 0 atom stereocenters. The monoisotopic (exact) mass is 382 g/mol. The minimum absolute atomic E-state index is 0.106. The fourth-order valence-corrected chi connectivity index (χ4v) is 4.61. The SMILES string of the molecule is CN(C)c1ccc2nc(C(=O)c3nc4ccc(N(C)C)cc4s3)sc2c1. The molecule has 0 amide bonds. The van der Waals surface area contributed by atoms with Gasteiger partial charge in [-0.1, -0.05) is 0 Å². The third-order valence-electron chi connectivity index (χ3n) is 4.17. The average Bonchev–Trinajstić information content (AvgIpc) is 3.23. The summed E-state index contributed by atoms with van der Waals surface area (Å²) in [6.45, 7) is 0. The summed E-state index contributed by atoms with van der Waals surface area (Å²) in [4.78, 5) is 26.0. The van der Waals surface area contributed by atoms with Crippen LogP contribution in [-0.4, -0.2) is 43.9 Å². The van der Waals surface area contributed by atoms with Gasteiger partial charge in [0.2, 0.25) is 5.78 Å². The molecule has 0 saturated carbocycles. The fourth-order valence-electron chi connectivity index (χ4n) is 2.67. The van der Waals surface area contributed by atoms with Crippen molar-refractivity contribution >= 4 is 60.3 Å². The van der Waals surface area contributed by atoms with Gasteiger partial charge in [-0.3, -0.25) is 4.79 Å². The number of nitrogens with zero attached hydrogens (tertiary/aromatic N) is 4. The second-order valence-electron chi connectivity index (χ2n) is 6.46. The van der Waals surface area contributed by atoms with Gasteiger partial charge in [0.25, 0.3) is 0 Å². The molecule has 0 aliphatic carbocycles. The molecule has 132 valence electrons. The first-order valence-electron chi connectivity index (χ1n) is 8.13. The number of hydrogen-bond donors (Lipinski definition) is 0. The summed E-state index contributed by atoms with van der Waals surface area (Å²) in [5.74, 6) is -0.106. The Labute approximate surface area is 159 Å². The lowest BCUT2D eigenvalue weighted by atomic mass is 10.3. The van der Waals surface area contributed by atoms with Crippen molar-refractivity contribution in [2.45, 2.75) is 0 Å². The van der Waals surface area contributed by atoms with Crippen LogP contribution in [0.25, 0.3) is 20.4 Å². The van der Waals surface area contributed by atoms with Crippen LogP contribution in [0.1, 0.15) is 14.8 Å². The van der Waals surface area contributed by atoms with Crippen LogP contribution in [0.5, 0.6) is 0 Å². The number of rotatable bonds is 4. The van der Waals surface area contributed by atoms with E-state index < -0.39 is 0 Å². The number of thiazole rings is 2. The first kappa shape index (κ1) is 16.9. The molecule has 5 nitrogen and oxygen atoms in total. The number of carbonyl (C=O) groups excluding carboxylic acids is 1. The van der Waals surface area contributed by atoms with Gasteiger partial charge in [-0.25, -0.2) is 9.97 Å². The largest absolute Gasteiger partial charge is 0.378 e. The van der Waals surface area contributed by atoms with Crippen molar-refractivity contribution in [1.29, 1.82) is 0 Å². The van der Waals surface area contributed by atoms with Gasteiger partial charge >= 0.3 is 0 Å². The van der Waals surface area contributed by atoms with Crippen LogP contribution in [0.3, 0.4) is 0 Å². The highest BCUT2D eigenvalue weighted by molar-refractivity contribution is 7.23. The van der Waals surface area contributed by atoms with Gasteiger partial charge in [0.05, 0.1) is 20.4 Å². The Morgan fingerprint density at radius 1 is 0.769 bits per heavy atom. The Kier molecular flexibility index (Phi) is 4.13. The van der Waals surface area contributed by atoms with E-state index in [0.29, 0.717) is 10.0 Å². The van der Waals surface area contributed by atoms with Crippen molar-refractivity contribution < 1.29 is 4.79 Å². The van der Waals surface area contributed by atoms with E-state index in [0.717, 1.165) is 31.8 Å². The zero-order valence-electron chi connectivity index (χ0n) is 15.0. The van der Waals surface area contributed by atoms with Crippen LogP contribution >= 0.6 is 22.7 Å². The molecule has 26 heavy (non-hydrogen) atoms. The van der Waals surface area contributed by atoms with Crippen LogP contribution in [0.15, 0.2) is 36.4 Å².